The number of hydrogen-bond donors (Lipinski definition) is 0. The third-order valence-electron chi connectivity index (χ3n) is 4.76. The van der Waals surface area contributed by atoms with E-state index in [1.807, 2.05) is 12.1 Å². The van der Waals surface area contributed by atoms with Gasteiger partial charge in [-0.1, -0.05) is 51.2 Å². The summed E-state index contributed by atoms with van der Waals surface area (Å²) in [5.74, 6) is 0.850. The van der Waals surface area contributed by atoms with E-state index in [9.17, 15) is 4.79 Å². The Morgan fingerprint density at radius 1 is 1.00 bits per heavy atom. The minimum absolute atomic E-state index is 0.442. The third-order valence-corrected chi connectivity index (χ3v) is 4.76. The van der Waals surface area contributed by atoms with Crippen molar-refractivity contribution in [3.8, 4) is 11.5 Å². The molecule has 136 valence electrons. The average Bonchev–Trinajstić information content (AvgIpc) is 3.02. The molecule has 4 nitrogen and oxygen atoms in total. The van der Waals surface area contributed by atoms with Crippen molar-refractivity contribution in [1.29, 1.82) is 0 Å². The number of pyridine rings is 1. The average molecular weight is 349 g/mol. The summed E-state index contributed by atoms with van der Waals surface area (Å²) in [5, 5.41) is 0. The molecular weight excluding hydrogens is 322 g/mol. The van der Waals surface area contributed by atoms with E-state index in [-0.39, 0.29) is 0 Å². The Labute approximate surface area is 155 Å². The van der Waals surface area contributed by atoms with Crippen LogP contribution in [0.2, 0.25) is 0 Å². The first-order chi connectivity index (χ1) is 12.7. The van der Waals surface area contributed by atoms with E-state index in [0.29, 0.717) is 5.69 Å². The summed E-state index contributed by atoms with van der Waals surface area (Å²) in [5.41, 5.74) is 4.55. The highest BCUT2D eigenvalue weighted by molar-refractivity contribution is 5.81. The molecule has 0 spiro atoms. The second-order valence-electron chi connectivity index (χ2n) is 6.91. The molecule has 0 aliphatic rings. The highest BCUT2D eigenvalue weighted by atomic mass is 16.1. The monoisotopic (exact) mass is 349 g/mol. The molecule has 0 radical (unpaired) electrons. The molecule has 0 fully saturated rings. The molecule has 0 unspecified atom stereocenters. The summed E-state index contributed by atoms with van der Waals surface area (Å²) >= 11 is 0. The maximum Gasteiger partial charge on any atom is 0.168 e. The van der Waals surface area contributed by atoms with E-state index in [2.05, 4.69) is 41.6 Å². The number of aldehydes is 1. The number of aromatic nitrogens is 3. The Morgan fingerprint density at radius 3 is 2.62 bits per heavy atom. The first-order valence-electron chi connectivity index (χ1n) is 9.62. The molecule has 0 saturated heterocycles. The van der Waals surface area contributed by atoms with Gasteiger partial charge in [-0.05, 0) is 43.2 Å². The van der Waals surface area contributed by atoms with Crippen LogP contribution in [0.15, 0.2) is 36.4 Å². The van der Waals surface area contributed by atoms with Gasteiger partial charge >= 0.3 is 0 Å². The topological polar surface area (TPSA) is 47.8 Å². The minimum Gasteiger partial charge on any atom is -0.323 e. The van der Waals surface area contributed by atoms with Crippen LogP contribution in [-0.2, 0) is 6.54 Å². The largest absolute Gasteiger partial charge is 0.323 e. The zero-order valence-corrected chi connectivity index (χ0v) is 15.7. The molecule has 3 aromatic rings. The smallest absolute Gasteiger partial charge is 0.168 e. The highest BCUT2D eigenvalue weighted by Gasteiger charge is 2.14. The molecule has 4 heteroatoms. The fourth-order valence-electron chi connectivity index (χ4n) is 3.35. The lowest BCUT2D eigenvalue weighted by Gasteiger charge is -2.09. The second-order valence-corrected chi connectivity index (χ2v) is 6.91. The van der Waals surface area contributed by atoms with Gasteiger partial charge in [0.05, 0.1) is 11.0 Å². The first kappa shape index (κ1) is 18.3. The van der Waals surface area contributed by atoms with Crippen LogP contribution < -0.4 is 0 Å². The van der Waals surface area contributed by atoms with Crippen LogP contribution in [-0.4, -0.2) is 20.8 Å². The highest BCUT2D eigenvalue weighted by Crippen LogP contribution is 2.25. The fourth-order valence-corrected chi connectivity index (χ4v) is 3.35. The summed E-state index contributed by atoms with van der Waals surface area (Å²) in [6.07, 6.45) is 8.34. The Kier molecular flexibility index (Phi) is 6.16. The lowest BCUT2D eigenvalue weighted by atomic mass is 10.1. The van der Waals surface area contributed by atoms with Gasteiger partial charge in [0.1, 0.15) is 11.4 Å². The Bertz CT molecular complexity index is 882. The SMILES string of the molecule is CCCCCCCCn1c(-c2cccc(C=O)n2)nc2ccc(C)cc21. The van der Waals surface area contributed by atoms with Crippen LogP contribution in [0, 0.1) is 6.92 Å². The summed E-state index contributed by atoms with van der Waals surface area (Å²) in [6.45, 7) is 5.27. The Hall–Kier alpha value is -2.49. The molecule has 0 bridgehead atoms. The molecule has 3 rings (SSSR count). The number of carbonyl (C=O) groups excluding carboxylic acids is 1. The molecule has 0 amide bonds. The molecule has 0 aliphatic carbocycles. The molecule has 0 N–H and O–H groups in total. The standard InChI is InChI=1S/C22H27N3O/c1-3-4-5-6-7-8-14-25-21-15-17(2)12-13-19(21)24-22(25)20-11-9-10-18(16-26)23-20/h9-13,15-16H,3-8,14H2,1-2H3. The van der Waals surface area contributed by atoms with Gasteiger partial charge in [0.15, 0.2) is 12.1 Å². The summed E-state index contributed by atoms with van der Waals surface area (Å²) in [6, 6.07) is 11.9. The molecule has 0 aliphatic heterocycles. The number of carbonyl (C=O) groups is 1. The number of benzene rings is 1. The van der Waals surface area contributed by atoms with Gasteiger partial charge < -0.3 is 4.57 Å². The second kappa shape index (κ2) is 8.75. The van der Waals surface area contributed by atoms with Crippen LogP contribution in [0.3, 0.4) is 0 Å². The fraction of sp³-hybridized carbons (Fsp3) is 0.409. The number of rotatable bonds is 9. The normalized spacial score (nSPS) is 11.2. The zero-order valence-electron chi connectivity index (χ0n) is 15.7. The Balaban J connectivity index is 1.90. The van der Waals surface area contributed by atoms with E-state index < -0.39 is 0 Å². The number of unbranched alkanes of at least 4 members (excludes halogenated alkanes) is 5. The predicted molar refractivity (Wildman–Crippen MR) is 106 cm³/mol. The molecule has 1 aromatic carbocycles. The van der Waals surface area contributed by atoms with Gasteiger partial charge in [0.25, 0.3) is 0 Å². The van der Waals surface area contributed by atoms with Gasteiger partial charge in [0.2, 0.25) is 0 Å². The molecule has 0 saturated carbocycles. The molecule has 0 atom stereocenters. The van der Waals surface area contributed by atoms with Crippen LogP contribution in [0.1, 0.15) is 61.5 Å². The van der Waals surface area contributed by atoms with Crippen molar-refractivity contribution in [3.05, 3.63) is 47.7 Å². The molecule has 2 heterocycles. The quantitative estimate of drug-likeness (QED) is 0.374. The minimum atomic E-state index is 0.442. The van der Waals surface area contributed by atoms with Crippen molar-refractivity contribution in [1.82, 2.24) is 14.5 Å². The summed E-state index contributed by atoms with van der Waals surface area (Å²) < 4.78 is 2.26. The number of nitrogens with zero attached hydrogens (tertiary/aromatic N) is 3. The predicted octanol–water partition coefficient (Wildman–Crippen LogP) is 5.58. The van der Waals surface area contributed by atoms with Crippen molar-refractivity contribution in [2.45, 2.75) is 58.9 Å². The van der Waals surface area contributed by atoms with Crippen molar-refractivity contribution in [2.24, 2.45) is 0 Å². The van der Waals surface area contributed by atoms with Crippen LogP contribution in [0.4, 0.5) is 0 Å². The number of fused-ring (bicyclic) bond motifs is 1. The van der Waals surface area contributed by atoms with Gasteiger partial charge in [-0.2, -0.15) is 0 Å². The van der Waals surface area contributed by atoms with E-state index >= 15 is 0 Å². The maximum atomic E-state index is 11.1. The number of aryl methyl sites for hydroxylation is 2. The van der Waals surface area contributed by atoms with E-state index in [1.165, 1.54) is 37.7 Å². The van der Waals surface area contributed by atoms with Crippen molar-refractivity contribution >= 4 is 17.3 Å². The van der Waals surface area contributed by atoms with Crippen LogP contribution in [0.5, 0.6) is 0 Å². The lowest BCUT2D eigenvalue weighted by molar-refractivity contribution is 0.111. The first-order valence-corrected chi connectivity index (χ1v) is 9.62. The number of hydrogen-bond acceptors (Lipinski definition) is 3. The third kappa shape index (κ3) is 4.18. The lowest BCUT2D eigenvalue weighted by Crippen LogP contribution is -2.03. The van der Waals surface area contributed by atoms with Crippen LogP contribution in [0.25, 0.3) is 22.6 Å². The van der Waals surface area contributed by atoms with E-state index in [0.717, 1.165) is 41.8 Å². The van der Waals surface area contributed by atoms with Crippen molar-refractivity contribution < 1.29 is 4.79 Å². The zero-order chi connectivity index (χ0) is 18.4. The van der Waals surface area contributed by atoms with Gasteiger partial charge in [-0.25, -0.2) is 9.97 Å². The van der Waals surface area contributed by atoms with Crippen molar-refractivity contribution in [3.63, 3.8) is 0 Å². The maximum absolute atomic E-state index is 11.1. The molecule has 26 heavy (non-hydrogen) atoms. The van der Waals surface area contributed by atoms with E-state index in [4.69, 9.17) is 4.98 Å². The van der Waals surface area contributed by atoms with E-state index in [1.54, 1.807) is 6.07 Å². The Morgan fingerprint density at radius 2 is 1.81 bits per heavy atom. The van der Waals surface area contributed by atoms with Gasteiger partial charge in [-0.15, -0.1) is 0 Å². The van der Waals surface area contributed by atoms with Gasteiger partial charge in [0, 0.05) is 6.54 Å². The van der Waals surface area contributed by atoms with Gasteiger partial charge in [-0.3, -0.25) is 4.79 Å². The number of imidazole rings is 1. The van der Waals surface area contributed by atoms with Crippen LogP contribution >= 0.6 is 0 Å². The molecule has 2 aromatic heterocycles. The summed E-state index contributed by atoms with van der Waals surface area (Å²) in [4.78, 5) is 20.4. The summed E-state index contributed by atoms with van der Waals surface area (Å²) in [7, 11) is 0. The van der Waals surface area contributed by atoms with Crippen molar-refractivity contribution in [2.75, 3.05) is 0 Å². The molecular formula is C22H27N3O.